The first-order chi connectivity index (χ1) is 28.3. The lowest BCUT2D eigenvalue weighted by molar-refractivity contribution is 1.15. The molecule has 3 heterocycles. The minimum Gasteiger partial charge on any atom is -0.309 e. The molecular weight excluding hydrogens is 731 g/mol. The summed E-state index contributed by atoms with van der Waals surface area (Å²) in [7, 11) is -1.98. The van der Waals surface area contributed by atoms with Crippen LogP contribution in [0.25, 0.3) is 70.3 Å². The maximum atomic E-state index is 5.27. The van der Waals surface area contributed by atoms with Gasteiger partial charge >= 0.3 is 0 Å². The molecular formula is C52H35N3S2. The third-order valence-electron chi connectivity index (χ3n) is 11.0. The van der Waals surface area contributed by atoms with Gasteiger partial charge in [-0.05, 0) is 78.9 Å². The van der Waals surface area contributed by atoms with Gasteiger partial charge in [-0.1, -0.05) is 127 Å². The summed E-state index contributed by atoms with van der Waals surface area (Å²) < 4.78 is 4.98. The molecule has 0 unspecified atom stereocenters. The predicted octanol–water partition coefficient (Wildman–Crippen LogP) is 14.6. The van der Waals surface area contributed by atoms with Crippen molar-refractivity contribution in [3.8, 4) is 28.3 Å². The SMILES string of the molecule is c1ccc(S(c2ccccc2)(c2cccc(-c3ccnc(-c4cccc(-n5c6ccccc6c6ccccc65)c4)n3)c2)c2cccc3c2sc2ccccc23)cc1. The highest BCUT2D eigenvalue weighted by molar-refractivity contribution is 8.34. The summed E-state index contributed by atoms with van der Waals surface area (Å²) in [5.74, 6) is 0.695. The van der Waals surface area contributed by atoms with Crippen LogP contribution in [0.1, 0.15) is 0 Å². The number of para-hydroxylation sites is 2. The van der Waals surface area contributed by atoms with E-state index in [0.29, 0.717) is 5.82 Å². The summed E-state index contributed by atoms with van der Waals surface area (Å²) >= 11 is 1.90. The Morgan fingerprint density at radius 1 is 0.439 bits per heavy atom. The van der Waals surface area contributed by atoms with E-state index in [1.807, 2.05) is 23.6 Å². The van der Waals surface area contributed by atoms with Crippen LogP contribution in [0.4, 0.5) is 0 Å². The van der Waals surface area contributed by atoms with E-state index in [2.05, 4.69) is 205 Å². The minimum absolute atomic E-state index is 0.695. The van der Waals surface area contributed by atoms with E-state index in [-0.39, 0.29) is 0 Å². The number of hydrogen-bond donors (Lipinski definition) is 0. The molecule has 0 aliphatic carbocycles. The van der Waals surface area contributed by atoms with Gasteiger partial charge in [-0.2, -0.15) is 0 Å². The van der Waals surface area contributed by atoms with Crippen molar-refractivity contribution in [1.29, 1.82) is 0 Å². The van der Waals surface area contributed by atoms with Crippen molar-refractivity contribution >= 4 is 63.3 Å². The van der Waals surface area contributed by atoms with Gasteiger partial charge in [0.15, 0.2) is 5.82 Å². The molecule has 0 aliphatic rings. The molecule has 0 atom stereocenters. The largest absolute Gasteiger partial charge is 0.309 e. The van der Waals surface area contributed by atoms with Gasteiger partial charge in [0.2, 0.25) is 0 Å². The van der Waals surface area contributed by atoms with Gasteiger partial charge in [-0.15, -0.1) is 21.4 Å². The average Bonchev–Trinajstić information content (AvgIpc) is 3.84. The maximum absolute atomic E-state index is 5.27. The van der Waals surface area contributed by atoms with Crippen LogP contribution in [0.2, 0.25) is 0 Å². The quantitative estimate of drug-likeness (QED) is 0.162. The molecule has 0 saturated heterocycles. The monoisotopic (exact) mass is 765 g/mol. The molecule has 0 amide bonds. The number of hydrogen-bond acceptors (Lipinski definition) is 3. The molecule has 11 rings (SSSR count). The summed E-state index contributed by atoms with van der Waals surface area (Å²) in [5, 5.41) is 5.09. The molecule has 8 aromatic carbocycles. The Morgan fingerprint density at radius 3 is 1.75 bits per heavy atom. The lowest BCUT2D eigenvalue weighted by Gasteiger charge is -2.42. The summed E-state index contributed by atoms with van der Waals surface area (Å²) in [4.78, 5) is 15.3. The smallest absolute Gasteiger partial charge is 0.159 e. The Labute approximate surface area is 336 Å². The van der Waals surface area contributed by atoms with Crippen LogP contribution < -0.4 is 0 Å². The fraction of sp³-hybridized carbons (Fsp3) is 0. The van der Waals surface area contributed by atoms with E-state index in [0.717, 1.165) is 22.5 Å². The highest BCUT2D eigenvalue weighted by Gasteiger charge is 2.35. The number of benzene rings is 8. The van der Waals surface area contributed by atoms with Gasteiger partial charge in [0.1, 0.15) is 0 Å². The van der Waals surface area contributed by atoms with E-state index in [9.17, 15) is 0 Å². The van der Waals surface area contributed by atoms with E-state index >= 15 is 0 Å². The molecule has 3 nitrogen and oxygen atoms in total. The first-order valence-electron chi connectivity index (χ1n) is 19.1. The van der Waals surface area contributed by atoms with Crippen LogP contribution in [0.15, 0.2) is 232 Å². The Kier molecular flexibility index (Phi) is 8.09. The van der Waals surface area contributed by atoms with Crippen LogP contribution in [0.3, 0.4) is 0 Å². The zero-order chi connectivity index (χ0) is 37.8. The van der Waals surface area contributed by atoms with Crippen molar-refractivity contribution in [2.45, 2.75) is 19.6 Å². The number of fused-ring (bicyclic) bond motifs is 6. The highest BCUT2D eigenvalue weighted by atomic mass is 32.3. The predicted molar refractivity (Wildman–Crippen MR) is 240 cm³/mol. The molecule has 0 saturated carbocycles. The number of nitrogens with zero attached hydrogens (tertiary/aromatic N) is 3. The Hall–Kier alpha value is -6.79. The van der Waals surface area contributed by atoms with Gasteiger partial charge < -0.3 is 4.57 Å². The van der Waals surface area contributed by atoms with E-state index < -0.39 is 10.0 Å². The minimum atomic E-state index is -1.98. The number of rotatable bonds is 7. The standard InChI is InChI=1S/C52H35N3S2/c1-3-19-39(20-4-1)57(40-21-5-2-6-22-40,50-31-15-27-45-44-26-9-12-30-49(44)56-51(45)50)41-23-14-16-36(35-41)46-32-33-53-52(54-46)37-17-13-18-38(34-37)55-47-28-10-7-24-42(47)43-25-8-11-29-48(43)55/h1-35H. The molecule has 0 aliphatic heterocycles. The fourth-order valence-electron chi connectivity index (χ4n) is 8.49. The van der Waals surface area contributed by atoms with Gasteiger partial charge in [-0.3, -0.25) is 0 Å². The zero-order valence-corrected chi connectivity index (χ0v) is 32.5. The maximum Gasteiger partial charge on any atom is 0.159 e. The van der Waals surface area contributed by atoms with E-state index in [1.165, 1.54) is 61.6 Å². The van der Waals surface area contributed by atoms with Crippen LogP contribution in [0, 0.1) is 0 Å². The van der Waals surface area contributed by atoms with Gasteiger partial charge in [0.25, 0.3) is 0 Å². The summed E-state index contributed by atoms with van der Waals surface area (Å²) in [6, 6.07) is 74.9. The first-order valence-corrected chi connectivity index (χ1v) is 21.6. The lowest BCUT2D eigenvalue weighted by Crippen LogP contribution is -2.05. The molecule has 0 bridgehead atoms. The molecule has 0 fully saturated rings. The number of aromatic nitrogens is 3. The van der Waals surface area contributed by atoms with Crippen molar-refractivity contribution in [2.24, 2.45) is 0 Å². The van der Waals surface area contributed by atoms with Crippen LogP contribution in [-0.4, -0.2) is 14.5 Å². The zero-order valence-electron chi connectivity index (χ0n) is 30.9. The van der Waals surface area contributed by atoms with Crippen LogP contribution in [-0.2, 0) is 0 Å². The summed E-state index contributed by atoms with van der Waals surface area (Å²) in [6.45, 7) is 0. The molecule has 0 N–H and O–H groups in total. The van der Waals surface area contributed by atoms with E-state index in [4.69, 9.17) is 9.97 Å². The highest BCUT2D eigenvalue weighted by Crippen LogP contribution is 2.75. The van der Waals surface area contributed by atoms with Crippen molar-refractivity contribution in [2.75, 3.05) is 0 Å². The van der Waals surface area contributed by atoms with Crippen molar-refractivity contribution < 1.29 is 0 Å². The number of thiophene rings is 1. The van der Waals surface area contributed by atoms with Crippen molar-refractivity contribution in [3.63, 3.8) is 0 Å². The third-order valence-corrected chi connectivity index (χ3v) is 16.2. The normalized spacial score (nSPS) is 12.1. The molecule has 57 heavy (non-hydrogen) atoms. The first kappa shape index (κ1) is 33.5. The Morgan fingerprint density at radius 2 is 1.02 bits per heavy atom. The second-order valence-corrected chi connectivity index (χ2v) is 18.3. The fourth-order valence-corrected chi connectivity index (χ4v) is 14.1. The molecule has 0 spiro atoms. The van der Waals surface area contributed by atoms with Crippen molar-refractivity contribution in [3.05, 3.63) is 212 Å². The molecule has 0 radical (unpaired) electrons. The Balaban J connectivity index is 1.09. The summed E-state index contributed by atoms with van der Waals surface area (Å²) in [5.41, 5.74) is 6.35. The van der Waals surface area contributed by atoms with Crippen LogP contribution >= 0.6 is 21.4 Å². The summed E-state index contributed by atoms with van der Waals surface area (Å²) in [6.07, 6.45) is 1.89. The van der Waals surface area contributed by atoms with Crippen LogP contribution in [0.5, 0.6) is 0 Å². The molecule has 3 aromatic heterocycles. The van der Waals surface area contributed by atoms with Gasteiger partial charge in [0.05, 0.1) is 16.7 Å². The molecule has 5 heteroatoms. The average molecular weight is 766 g/mol. The van der Waals surface area contributed by atoms with Gasteiger partial charge in [0, 0.05) is 73.5 Å². The Bertz CT molecular complexity index is 3160. The second kappa shape index (κ2) is 13.7. The topological polar surface area (TPSA) is 30.7 Å². The van der Waals surface area contributed by atoms with Gasteiger partial charge in [-0.25, -0.2) is 9.97 Å². The third kappa shape index (κ3) is 5.42. The van der Waals surface area contributed by atoms with E-state index in [1.54, 1.807) is 0 Å². The molecule has 270 valence electrons. The lowest BCUT2D eigenvalue weighted by atomic mass is 10.1. The molecule has 11 aromatic rings. The van der Waals surface area contributed by atoms with Crippen molar-refractivity contribution in [1.82, 2.24) is 14.5 Å². The second-order valence-electron chi connectivity index (χ2n) is 14.2.